The van der Waals surface area contributed by atoms with Crippen LogP contribution in [0.1, 0.15) is 31.2 Å². The van der Waals surface area contributed by atoms with E-state index in [0.717, 1.165) is 44.7 Å². The van der Waals surface area contributed by atoms with Gasteiger partial charge < -0.3 is 15.5 Å². The molecule has 1 unspecified atom stereocenters. The molecule has 0 saturated carbocycles. The summed E-state index contributed by atoms with van der Waals surface area (Å²) in [7, 11) is 0. The van der Waals surface area contributed by atoms with Crippen LogP contribution < -0.4 is 15.5 Å². The molecule has 1 amide bonds. The number of hydrogen-bond acceptors (Lipinski definition) is 3. The average molecular weight is 259 g/mol. The molecule has 0 bridgehead atoms. The van der Waals surface area contributed by atoms with Crippen LogP contribution >= 0.6 is 0 Å². The van der Waals surface area contributed by atoms with E-state index in [1.165, 1.54) is 11.3 Å². The molecule has 4 heteroatoms. The van der Waals surface area contributed by atoms with Gasteiger partial charge in [-0.15, -0.1) is 0 Å². The molecule has 3 rings (SSSR count). The minimum absolute atomic E-state index is 0.0443. The average Bonchev–Trinajstić information content (AvgIpc) is 2.76. The number of anilines is 2. The Morgan fingerprint density at radius 3 is 2.84 bits per heavy atom. The number of hydrogen-bond donors (Lipinski definition) is 2. The van der Waals surface area contributed by atoms with Crippen molar-refractivity contribution in [2.75, 3.05) is 36.4 Å². The Labute approximate surface area is 114 Å². The molecule has 4 nitrogen and oxygen atoms in total. The van der Waals surface area contributed by atoms with E-state index in [9.17, 15) is 4.79 Å². The number of amides is 1. The van der Waals surface area contributed by atoms with Gasteiger partial charge in [-0.25, -0.2) is 0 Å². The smallest absolute Gasteiger partial charge is 0.232 e. The maximum atomic E-state index is 12.0. The van der Waals surface area contributed by atoms with Crippen molar-refractivity contribution in [3.8, 4) is 0 Å². The minimum Gasteiger partial charge on any atom is -0.369 e. The molecule has 2 heterocycles. The Balaban J connectivity index is 1.88. The number of benzene rings is 1. The molecular formula is C15H21N3O. The van der Waals surface area contributed by atoms with Crippen LogP contribution in [0.4, 0.5) is 11.4 Å². The highest BCUT2D eigenvalue weighted by molar-refractivity contribution is 6.03. The van der Waals surface area contributed by atoms with Gasteiger partial charge in [-0.2, -0.15) is 0 Å². The van der Waals surface area contributed by atoms with Crippen molar-refractivity contribution in [3.63, 3.8) is 0 Å². The van der Waals surface area contributed by atoms with Crippen molar-refractivity contribution >= 4 is 17.3 Å². The van der Waals surface area contributed by atoms with Gasteiger partial charge in [-0.05, 0) is 30.2 Å². The Bertz CT molecular complexity index is 480. The molecule has 0 spiro atoms. The van der Waals surface area contributed by atoms with Crippen LogP contribution in [0.25, 0.3) is 0 Å². The predicted molar refractivity (Wildman–Crippen MR) is 77.8 cm³/mol. The molecule has 2 aliphatic rings. The molecule has 2 N–H and O–H groups in total. The largest absolute Gasteiger partial charge is 0.369 e. The summed E-state index contributed by atoms with van der Waals surface area (Å²) in [5, 5.41) is 6.36. The third-order valence-electron chi connectivity index (χ3n) is 4.04. The van der Waals surface area contributed by atoms with E-state index >= 15 is 0 Å². The minimum atomic E-state index is 0.0443. The van der Waals surface area contributed by atoms with E-state index < -0.39 is 0 Å². The van der Waals surface area contributed by atoms with Crippen LogP contribution in [0.5, 0.6) is 0 Å². The Morgan fingerprint density at radius 2 is 2.11 bits per heavy atom. The quantitative estimate of drug-likeness (QED) is 0.872. The number of nitrogens with zero attached hydrogens (tertiary/aromatic N) is 1. The van der Waals surface area contributed by atoms with E-state index in [2.05, 4.69) is 40.7 Å². The zero-order valence-corrected chi connectivity index (χ0v) is 11.4. The lowest BCUT2D eigenvalue weighted by molar-refractivity contribution is -0.117. The second-order valence-electron chi connectivity index (χ2n) is 5.34. The summed E-state index contributed by atoms with van der Waals surface area (Å²) in [6.07, 6.45) is 1.97. The molecule has 2 aliphatic heterocycles. The first-order valence-electron chi connectivity index (χ1n) is 7.20. The van der Waals surface area contributed by atoms with Crippen molar-refractivity contribution in [2.45, 2.75) is 25.7 Å². The second kappa shape index (κ2) is 5.21. The second-order valence-corrected chi connectivity index (χ2v) is 5.34. The van der Waals surface area contributed by atoms with Gasteiger partial charge in [-0.3, -0.25) is 4.79 Å². The molecule has 1 atom stereocenters. The van der Waals surface area contributed by atoms with Crippen LogP contribution in [-0.2, 0) is 4.79 Å². The van der Waals surface area contributed by atoms with E-state index in [1.54, 1.807) is 0 Å². The lowest BCUT2D eigenvalue weighted by atomic mass is 9.95. The highest BCUT2D eigenvalue weighted by atomic mass is 16.2. The van der Waals surface area contributed by atoms with Crippen LogP contribution in [-0.4, -0.2) is 32.1 Å². The van der Waals surface area contributed by atoms with Crippen LogP contribution in [0, 0.1) is 0 Å². The molecule has 1 aromatic rings. The zero-order valence-electron chi connectivity index (χ0n) is 11.4. The number of rotatable bonds is 3. The Morgan fingerprint density at radius 1 is 1.32 bits per heavy atom. The van der Waals surface area contributed by atoms with Gasteiger partial charge in [0.15, 0.2) is 0 Å². The standard InChI is InChI=1S/C15H21N3O/c1-2-3-12-13-10-11(18-8-6-16-7-9-18)4-5-14(13)17-15(12)19/h4-5,10,12,16H,2-3,6-9H2,1H3,(H,17,19). The molecule has 102 valence electrons. The zero-order chi connectivity index (χ0) is 13.2. The van der Waals surface area contributed by atoms with Crippen molar-refractivity contribution < 1.29 is 4.79 Å². The highest BCUT2D eigenvalue weighted by Crippen LogP contribution is 2.37. The fraction of sp³-hybridized carbons (Fsp3) is 0.533. The third kappa shape index (κ3) is 2.32. The number of fused-ring (bicyclic) bond motifs is 1. The summed E-state index contributed by atoms with van der Waals surface area (Å²) in [5.74, 6) is 0.206. The van der Waals surface area contributed by atoms with E-state index in [0.29, 0.717) is 0 Å². The first-order valence-corrected chi connectivity index (χ1v) is 7.20. The van der Waals surface area contributed by atoms with Crippen LogP contribution in [0.15, 0.2) is 18.2 Å². The van der Waals surface area contributed by atoms with Gasteiger partial charge in [0.05, 0.1) is 5.92 Å². The molecule has 1 saturated heterocycles. The van der Waals surface area contributed by atoms with E-state index in [-0.39, 0.29) is 11.8 Å². The third-order valence-corrected chi connectivity index (χ3v) is 4.04. The number of nitrogens with one attached hydrogen (secondary N) is 2. The summed E-state index contributed by atoms with van der Waals surface area (Å²) >= 11 is 0. The fourth-order valence-electron chi connectivity index (χ4n) is 3.01. The lowest BCUT2D eigenvalue weighted by Gasteiger charge is -2.30. The van der Waals surface area contributed by atoms with Gasteiger partial charge >= 0.3 is 0 Å². The first-order chi connectivity index (χ1) is 9.29. The maximum absolute atomic E-state index is 12.0. The Kier molecular flexibility index (Phi) is 3.42. The SMILES string of the molecule is CCCC1C(=O)Nc2ccc(N3CCNCC3)cc21. The fourth-order valence-corrected chi connectivity index (χ4v) is 3.01. The number of carbonyl (C=O) groups excluding carboxylic acids is 1. The van der Waals surface area contributed by atoms with Gasteiger partial charge in [-0.1, -0.05) is 13.3 Å². The molecular weight excluding hydrogens is 238 g/mol. The topological polar surface area (TPSA) is 44.4 Å². The van der Waals surface area contributed by atoms with Crippen molar-refractivity contribution in [1.82, 2.24) is 5.32 Å². The molecule has 1 aromatic carbocycles. The molecule has 0 aromatic heterocycles. The van der Waals surface area contributed by atoms with E-state index in [4.69, 9.17) is 0 Å². The lowest BCUT2D eigenvalue weighted by Crippen LogP contribution is -2.43. The first kappa shape index (κ1) is 12.5. The predicted octanol–water partition coefficient (Wildman–Crippen LogP) is 1.93. The molecule has 0 aliphatic carbocycles. The van der Waals surface area contributed by atoms with Crippen LogP contribution in [0.3, 0.4) is 0 Å². The van der Waals surface area contributed by atoms with E-state index in [1.807, 2.05) is 0 Å². The monoisotopic (exact) mass is 259 g/mol. The van der Waals surface area contributed by atoms with Crippen molar-refractivity contribution in [1.29, 1.82) is 0 Å². The molecule has 0 radical (unpaired) electrons. The summed E-state index contributed by atoms with van der Waals surface area (Å²) in [4.78, 5) is 14.4. The summed E-state index contributed by atoms with van der Waals surface area (Å²) < 4.78 is 0. The van der Waals surface area contributed by atoms with Crippen molar-refractivity contribution in [2.24, 2.45) is 0 Å². The van der Waals surface area contributed by atoms with Gasteiger partial charge in [0.1, 0.15) is 0 Å². The summed E-state index contributed by atoms with van der Waals surface area (Å²) in [6.45, 7) is 6.28. The van der Waals surface area contributed by atoms with Crippen LogP contribution in [0.2, 0.25) is 0 Å². The Hall–Kier alpha value is -1.55. The van der Waals surface area contributed by atoms with Gasteiger partial charge in [0, 0.05) is 37.6 Å². The summed E-state index contributed by atoms with van der Waals surface area (Å²) in [5.41, 5.74) is 3.43. The maximum Gasteiger partial charge on any atom is 0.232 e. The van der Waals surface area contributed by atoms with Gasteiger partial charge in [0.25, 0.3) is 0 Å². The normalized spacial score (nSPS) is 22.3. The van der Waals surface area contributed by atoms with Crippen molar-refractivity contribution in [3.05, 3.63) is 23.8 Å². The molecule has 19 heavy (non-hydrogen) atoms. The molecule has 1 fully saturated rings. The van der Waals surface area contributed by atoms with Gasteiger partial charge in [0.2, 0.25) is 5.91 Å². The number of piperazine rings is 1. The number of carbonyl (C=O) groups is 1. The highest BCUT2D eigenvalue weighted by Gasteiger charge is 2.30. The summed E-state index contributed by atoms with van der Waals surface area (Å²) in [6, 6.07) is 6.39.